The predicted octanol–water partition coefficient (Wildman–Crippen LogP) is 4.84. The van der Waals surface area contributed by atoms with Crippen molar-refractivity contribution in [1.29, 1.82) is 0 Å². The molecule has 0 radical (unpaired) electrons. The molecular weight excluding hydrogens is 513 g/mol. The second-order valence-corrected chi connectivity index (χ2v) is 9.69. The summed E-state index contributed by atoms with van der Waals surface area (Å²) in [6, 6.07) is 3.56. The summed E-state index contributed by atoms with van der Waals surface area (Å²) in [6.45, 7) is 1.93. The average Bonchev–Trinajstić information content (AvgIpc) is 3.33. The molecule has 2 aromatic rings. The van der Waals surface area contributed by atoms with Crippen molar-refractivity contribution < 1.29 is 23.8 Å². The lowest BCUT2D eigenvalue weighted by atomic mass is 9.78. The molecule has 1 saturated carbocycles. The van der Waals surface area contributed by atoms with Crippen LogP contribution in [0.3, 0.4) is 0 Å². The number of halogens is 2. The van der Waals surface area contributed by atoms with Crippen LogP contribution in [0.5, 0.6) is 0 Å². The van der Waals surface area contributed by atoms with Crippen LogP contribution in [0.2, 0.25) is 0 Å². The van der Waals surface area contributed by atoms with E-state index in [0.717, 1.165) is 0 Å². The summed E-state index contributed by atoms with van der Waals surface area (Å²) >= 11 is 4.84. The molecule has 1 aliphatic carbocycles. The molecule has 0 amide bonds. The third-order valence-electron chi connectivity index (χ3n) is 5.95. The molecule has 33 heavy (non-hydrogen) atoms. The van der Waals surface area contributed by atoms with Crippen LogP contribution in [0.1, 0.15) is 49.2 Å². The number of nitrogens with one attached hydrogen (secondary N) is 1. The summed E-state index contributed by atoms with van der Waals surface area (Å²) in [5.41, 5.74) is 1.67. The average molecular weight is 536 g/mol. The maximum atomic E-state index is 13.8. The van der Waals surface area contributed by atoms with Gasteiger partial charge < -0.3 is 15.2 Å². The maximum Gasteiger partial charge on any atom is 0.338 e. The molecule has 2 aliphatic rings. The number of aliphatic imine (C=N–C) groups is 1. The SMILES string of the molecule is CCOC(=O)C1=C([C@H]2CC[C@H](C(=O)O)CC2)NC(c2nccs2)=N[C@H]1c1ccc(F)cc1Br. The van der Waals surface area contributed by atoms with Gasteiger partial charge in [0.1, 0.15) is 11.9 Å². The Morgan fingerprint density at radius 3 is 2.67 bits per heavy atom. The van der Waals surface area contributed by atoms with Crippen LogP contribution < -0.4 is 5.32 Å². The van der Waals surface area contributed by atoms with Crippen molar-refractivity contribution >= 4 is 45.0 Å². The van der Waals surface area contributed by atoms with Crippen molar-refractivity contribution in [3.8, 4) is 0 Å². The van der Waals surface area contributed by atoms with Gasteiger partial charge in [0.25, 0.3) is 0 Å². The van der Waals surface area contributed by atoms with E-state index in [2.05, 4.69) is 26.2 Å². The van der Waals surface area contributed by atoms with Crippen molar-refractivity contribution in [3.05, 3.63) is 61.9 Å². The fraction of sp³-hybridized carbons (Fsp3) is 0.391. The van der Waals surface area contributed by atoms with Gasteiger partial charge in [0, 0.05) is 21.7 Å². The molecule has 1 aromatic carbocycles. The Hall–Kier alpha value is -2.59. The van der Waals surface area contributed by atoms with Crippen LogP contribution in [0.25, 0.3) is 0 Å². The third kappa shape index (κ3) is 5.01. The van der Waals surface area contributed by atoms with Crippen LogP contribution >= 0.6 is 27.3 Å². The van der Waals surface area contributed by atoms with E-state index in [4.69, 9.17) is 9.73 Å². The maximum absolute atomic E-state index is 13.8. The second-order valence-electron chi connectivity index (χ2n) is 7.94. The molecule has 0 bridgehead atoms. The fourth-order valence-electron chi connectivity index (χ4n) is 4.35. The number of carboxylic acid groups (broad SMARTS) is 1. The number of hydrogen-bond donors (Lipinski definition) is 2. The van der Waals surface area contributed by atoms with Crippen molar-refractivity contribution in [3.63, 3.8) is 0 Å². The van der Waals surface area contributed by atoms with Crippen molar-refractivity contribution in [1.82, 2.24) is 10.3 Å². The molecule has 2 N–H and O–H groups in total. The van der Waals surface area contributed by atoms with Gasteiger partial charge in [0.2, 0.25) is 0 Å². The predicted molar refractivity (Wildman–Crippen MR) is 125 cm³/mol. The first-order valence-corrected chi connectivity index (χ1v) is 12.4. The van der Waals surface area contributed by atoms with Gasteiger partial charge in [-0.3, -0.25) is 9.79 Å². The number of amidine groups is 1. The highest BCUT2D eigenvalue weighted by molar-refractivity contribution is 9.10. The lowest BCUT2D eigenvalue weighted by Gasteiger charge is -2.34. The standard InChI is InChI=1S/C23H23BrFN3O4S/c1-2-32-23(31)17-18(12-3-5-13(6-4-12)22(29)30)27-20(21-26-9-10-33-21)28-19(17)15-8-7-14(25)11-16(15)24/h7-13,19H,2-6H2,1H3,(H,27,28)(H,29,30)/t12-,13-,19-/m0/s1. The number of benzene rings is 1. The molecule has 1 atom stereocenters. The van der Waals surface area contributed by atoms with Crippen LogP contribution in [0.4, 0.5) is 4.39 Å². The summed E-state index contributed by atoms with van der Waals surface area (Å²) in [4.78, 5) is 33.8. The number of carbonyl (C=O) groups excluding carboxylic acids is 1. The van der Waals surface area contributed by atoms with Gasteiger partial charge in [-0.2, -0.15) is 0 Å². The molecule has 0 saturated heterocycles. The van der Waals surface area contributed by atoms with Gasteiger partial charge in [-0.1, -0.05) is 22.0 Å². The third-order valence-corrected chi connectivity index (χ3v) is 7.41. The highest BCUT2D eigenvalue weighted by Gasteiger charge is 2.38. The minimum absolute atomic E-state index is 0.0628. The lowest BCUT2D eigenvalue weighted by molar-refractivity contribution is -0.143. The zero-order valence-electron chi connectivity index (χ0n) is 17.9. The van der Waals surface area contributed by atoms with E-state index in [1.807, 2.05) is 5.38 Å². The highest BCUT2D eigenvalue weighted by Crippen LogP contribution is 2.42. The van der Waals surface area contributed by atoms with Crippen molar-refractivity contribution in [2.45, 2.75) is 38.6 Å². The number of ether oxygens (including phenoxy) is 1. The van der Waals surface area contributed by atoms with E-state index in [1.54, 1.807) is 19.2 Å². The van der Waals surface area contributed by atoms with Crippen LogP contribution in [-0.2, 0) is 14.3 Å². The van der Waals surface area contributed by atoms with E-state index in [0.29, 0.717) is 57.8 Å². The zero-order chi connectivity index (χ0) is 23.5. The van der Waals surface area contributed by atoms with Crippen LogP contribution in [0, 0.1) is 17.7 Å². The summed E-state index contributed by atoms with van der Waals surface area (Å²) in [6.07, 6.45) is 3.95. The minimum atomic E-state index is -0.789. The smallest absolute Gasteiger partial charge is 0.338 e. The number of esters is 1. The fourth-order valence-corrected chi connectivity index (χ4v) is 5.50. The molecule has 10 heteroatoms. The van der Waals surface area contributed by atoms with E-state index >= 15 is 0 Å². The number of thiazole rings is 1. The molecule has 0 unspecified atom stereocenters. The first-order chi connectivity index (χ1) is 15.9. The molecule has 4 rings (SSSR count). The number of nitrogens with zero attached hydrogens (tertiary/aromatic N) is 2. The molecule has 1 aromatic heterocycles. The van der Waals surface area contributed by atoms with Crippen LogP contribution in [0.15, 0.2) is 50.5 Å². The van der Waals surface area contributed by atoms with E-state index in [-0.39, 0.29) is 18.4 Å². The molecule has 1 fully saturated rings. The van der Waals surface area contributed by atoms with Gasteiger partial charge in [-0.05, 0) is 56.2 Å². The highest BCUT2D eigenvalue weighted by atomic mass is 79.9. The minimum Gasteiger partial charge on any atom is -0.481 e. The van der Waals surface area contributed by atoms with Crippen molar-refractivity contribution in [2.75, 3.05) is 6.61 Å². The number of carboxylic acids is 1. The van der Waals surface area contributed by atoms with E-state index in [9.17, 15) is 19.1 Å². The molecule has 7 nitrogen and oxygen atoms in total. The van der Waals surface area contributed by atoms with Gasteiger partial charge in [0.15, 0.2) is 10.8 Å². The number of carbonyl (C=O) groups is 2. The Kier molecular flexibility index (Phi) is 7.23. The quantitative estimate of drug-likeness (QED) is 0.513. The molecular formula is C23H23BrFN3O4S. The molecule has 2 heterocycles. The van der Waals surface area contributed by atoms with Gasteiger partial charge in [0.05, 0.1) is 18.1 Å². The topological polar surface area (TPSA) is 101 Å². The Morgan fingerprint density at radius 1 is 1.30 bits per heavy atom. The summed E-state index contributed by atoms with van der Waals surface area (Å²) < 4.78 is 19.7. The Balaban J connectivity index is 1.82. The van der Waals surface area contributed by atoms with E-state index < -0.39 is 23.8 Å². The normalized spacial score (nSPS) is 23.0. The Morgan fingerprint density at radius 2 is 2.06 bits per heavy atom. The lowest BCUT2D eigenvalue weighted by Crippen LogP contribution is -2.38. The first-order valence-electron chi connectivity index (χ1n) is 10.7. The molecule has 1 aliphatic heterocycles. The second kappa shape index (κ2) is 10.1. The van der Waals surface area contributed by atoms with E-state index in [1.165, 1.54) is 23.5 Å². The van der Waals surface area contributed by atoms with Gasteiger partial charge >= 0.3 is 11.9 Å². The Labute approximate surface area is 202 Å². The van der Waals surface area contributed by atoms with Gasteiger partial charge in [-0.25, -0.2) is 14.2 Å². The largest absolute Gasteiger partial charge is 0.481 e. The summed E-state index contributed by atoms with van der Waals surface area (Å²) in [7, 11) is 0. The molecule has 0 spiro atoms. The number of aliphatic carboxylic acids is 1. The van der Waals surface area contributed by atoms with Gasteiger partial charge in [-0.15, -0.1) is 11.3 Å². The monoisotopic (exact) mass is 535 g/mol. The number of hydrogen-bond acceptors (Lipinski definition) is 7. The number of allylic oxidation sites excluding steroid dienone is 1. The summed E-state index contributed by atoms with van der Waals surface area (Å²) in [5, 5.41) is 15.2. The van der Waals surface area contributed by atoms with Crippen molar-refractivity contribution in [2.24, 2.45) is 16.8 Å². The number of aromatic nitrogens is 1. The molecule has 174 valence electrons. The number of rotatable bonds is 6. The van der Waals surface area contributed by atoms with Crippen LogP contribution in [-0.4, -0.2) is 34.5 Å². The Bertz CT molecular complexity index is 1110. The summed E-state index contributed by atoms with van der Waals surface area (Å²) in [5.74, 6) is -1.61. The first kappa shape index (κ1) is 23.6. The zero-order valence-corrected chi connectivity index (χ0v) is 20.3.